The van der Waals surface area contributed by atoms with Gasteiger partial charge in [-0.1, -0.05) is 0 Å². The van der Waals surface area contributed by atoms with E-state index in [4.69, 9.17) is 56.8 Å². The number of ether oxygens (including phenoxy) is 12. The zero-order valence-corrected chi connectivity index (χ0v) is 40.9. The van der Waals surface area contributed by atoms with Gasteiger partial charge < -0.3 is 179 Å². The highest BCUT2D eigenvalue weighted by molar-refractivity contribution is 4.99. The standard InChI is InChI=1S/C42H74O36/c43-1-9(48)17(50)18(51)10(49)6-67-39-31(64)35(23(56)15(74-39)7-68-37-28(61)25(58)19(52)11(2-44)70-37)78-41-32(65)34(22(55)14(5-47)73-41)77-42-33(66)36(76-40-30(63)27(60)21(54)13(4-46)72-40)24(57)16(75-42)8-69-38-29(62)26(59)20(53)12(3-45)71-38/h9-66H,1-8H2/t9-,10+,11+,12+,13+,14+,15+,16+,17+,18+,19+,20+,21+,22+,23+,24+,25-,26-,27-,28+,29+,30+,31+,32+,33+,34-,35-,36-,37+,38+,39+,40-,41-,42-/m0/s1. The molecule has 0 radical (unpaired) electrons. The van der Waals surface area contributed by atoms with Gasteiger partial charge in [-0.15, -0.1) is 0 Å². The fraction of sp³-hybridized carbons (Fsp3) is 1.00. The van der Waals surface area contributed by atoms with Gasteiger partial charge in [0, 0.05) is 0 Å². The van der Waals surface area contributed by atoms with Crippen LogP contribution in [0.25, 0.3) is 0 Å². The molecule has 6 heterocycles. The molecule has 6 rings (SSSR count). The Kier molecular flexibility index (Phi) is 24.3. The summed E-state index contributed by atoms with van der Waals surface area (Å²) in [7, 11) is 0. The molecular weight excluding hydrogens is 1080 g/mol. The van der Waals surface area contributed by atoms with Crippen molar-refractivity contribution in [3.63, 3.8) is 0 Å². The summed E-state index contributed by atoms with van der Waals surface area (Å²) in [6.45, 7) is -7.84. The monoisotopic (exact) mass is 1150 g/mol. The summed E-state index contributed by atoms with van der Waals surface area (Å²) in [4.78, 5) is 0. The summed E-state index contributed by atoms with van der Waals surface area (Å²) in [6.07, 6.45) is -68.6. The van der Waals surface area contributed by atoms with Crippen molar-refractivity contribution < 1.29 is 179 Å². The molecule has 0 aromatic heterocycles. The molecule has 0 saturated carbocycles. The van der Waals surface area contributed by atoms with Crippen LogP contribution in [0.1, 0.15) is 0 Å². The maximum atomic E-state index is 11.8. The second kappa shape index (κ2) is 28.9. The molecule has 458 valence electrons. The van der Waals surface area contributed by atoms with Crippen LogP contribution in [0, 0.1) is 0 Å². The summed E-state index contributed by atoms with van der Waals surface area (Å²) >= 11 is 0. The van der Waals surface area contributed by atoms with Crippen molar-refractivity contribution in [2.45, 2.75) is 209 Å². The van der Waals surface area contributed by atoms with E-state index < -0.39 is 262 Å². The third-order valence-electron chi connectivity index (χ3n) is 14.1. The quantitative estimate of drug-likeness (QED) is 0.0452. The van der Waals surface area contributed by atoms with Gasteiger partial charge >= 0.3 is 0 Å². The third kappa shape index (κ3) is 14.4. The van der Waals surface area contributed by atoms with Crippen LogP contribution < -0.4 is 0 Å². The lowest BCUT2D eigenvalue weighted by molar-refractivity contribution is -0.394. The maximum absolute atomic E-state index is 11.8. The van der Waals surface area contributed by atoms with Crippen LogP contribution in [0.4, 0.5) is 0 Å². The number of rotatable bonds is 23. The van der Waals surface area contributed by atoms with Crippen molar-refractivity contribution in [2.24, 2.45) is 0 Å². The topological polar surface area (TPSA) is 596 Å². The SMILES string of the molecule is OC[C@H](O)[C@@H](O)[C@H](O)[C@H](O)CO[C@@H]1O[C@H](CO[C@@H]2O[C@H](CO)[C@@H](O)[C@H](O)[C@H]2O)[C@@H](O)[C@H](O[C@@H]2O[C@H](CO)[C@@H](O)[C@H](O[C@@H]3O[C@H](CO[C@@H]4O[C@H](CO)[C@@H](O)[C@H](O)[C@H]4O)[C@@H](O)[C@H](O[C@@H]4O[C@H](CO)[C@@H](O)[C@H](O)[C@H]4O)[C@H]3O)[C@H]2O)[C@H]1O. The van der Waals surface area contributed by atoms with Crippen molar-refractivity contribution >= 4 is 0 Å². The van der Waals surface area contributed by atoms with E-state index in [9.17, 15) is 123 Å². The molecule has 0 spiro atoms. The average Bonchev–Trinajstić information content (AvgIpc) is 3.43. The number of aliphatic hydroxyl groups is 24. The van der Waals surface area contributed by atoms with Crippen molar-refractivity contribution in [1.82, 2.24) is 0 Å². The minimum absolute atomic E-state index is 0.883. The Labute approximate surface area is 440 Å². The Morgan fingerprint density at radius 1 is 0.282 bits per heavy atom. The van der Waals surface area contributed by atoms with E-state index in [0.29, 0.717) is 0 Å². The molecule has 24 N–H and O–H groups in total. The minimum atomic E-state index is -2.39. The molecule has 78 heavy (non-hydrogen) atoms. The molecular formula is C42H74O36. The Hall–Kier alpha value is -1.44. The fourth-order valence-corrected chi connectivity index (χ4v) is 9.27. The second-order valence-corrected chi connectivity index (χ2v) is 19.4. The van der Waals surface area contributed by atoms with E-state index in [0.717, 1.165) is 0 Å². The number of hydrogen-bond donors (Lipinski definition) is 24. The first kappa shape index (κ1) is 65.7. The molecule has 0 aromatic carbocycles. The summed E-state index contributed by atoms with van der Waals surface area (Å²) in [6, 6.07) is 0. The highest BCUT2D eigenvalue weighted by atomic mass is 16.8. The lowest BCUT2D eigenvalue weighted by atomic mass is 9.95. The summed E-state index contributed by atoms with van der Waals surface area (Å²) in [5, 5.41) is 253. The van der Waals surface area contributed by atoms with Crippen LogP contribution in [-0.4, -0.2) is 384 Å². The van der Waals surface area contributed by atoms with E-state index in [-0.39, 0.29) is 0 Å². The molecule has 34 atom stereocenters. The zero-order chi connectivity index (χ0) is 57.8. The van der Waals surface area contributed by atoms with Gasteiger partial charge in [0.2, 0.25) is 0 Å². The first-order chi connectivity index (χ1) is 36.8. The van der Waals surface area contributed by atoms with E-state index in [2.05, 4.69) is 0 Å². The molecule has 0 unspecified atom stereocenters. The first-order valence-electron chi connectivity index (χ1n) is 24.6. The Bertz CT molecular complexity index is 1760. The minimum Gasteiger partial charge on any atom is -0.394 e. The Morgan fingerprint density at radius 2 is 0.551 bits per heavy atom. The first-order valence-corrected chi connectivity index (χ1v) is 24.6. The summed E-state index contributed by atoms with van der Waals surface area (Å²) in [5.41, 5.74) is 0. The Balaban J connectivity index is 1.25. The molecule has 0 aliphatic carbocycles. The van der Waals surface area contributed by atoms with Gasteiger partial charge in [0.25, 0.3) is 0 Å². The highest BCUT2D eigenvalue weighted by Gasteiger charge is 2.57. The van der Waals surface area contributed by atoms with Gasteiger partial charge in [-0.3, -0.25) is 0 Å². The largest absolute Gasteiger partial charge is 0.394 e. The lowest BCUT2D eigenvalue weighted by Gasteiger charge is -2.49. The van der Waals surface area contributed by atoms with Gasteiger partial charge in [0.15, 0.2) is 37.7 Å². The van der Waals surface area contributed by atoms with Crippen molar-refractivity contribution in [3.8, 4) is 0 Å². The van der Waals surface area contributed by atoms with Crippen molar-refractivity contribution in [2.75, 3.05) is 52.9 Å². The molecule has 6 aliphatic heterocycles. The smallest absolute Gasteiger partial charge is 0.187 e. The molecule has 36 heteroatoms. The third-order valence-corrected chi connectivity index (χ3v) is 14.1. The number of hydrogen-bond acceptors (Lipinski definition) is 36. The van der Waals surface area contributed by atoms with E-state index >= 15 is 0 Å². The van der Waals surface area contributed by atoms with Crippen LogP contribution in [0.2, 0.25) is 0 Å². The maximum Gasteiger partial charge on any atom is 0.187 e. The zero-order valence-electron chi connectivity index (χ0n) is 40.9. The molecule has 36 nitrogen and oxygen atoms in total. The van der Waals surface area contributed by atoms with Crippen LogP contribution >= 0.6 is 0 Å². The lowest BCUT2D eigenvalue weighted by Crippen LogP contribution is -2.68. The van der Waals surface area contributed by atoms with Crippen LogP contribution in [0.15, 0.2) is 0 Å². The van der Waals surface area contributed by atoms with Gasteiger partial charge in [-0.05, 0) is 0 Å². The molecule has 6 aliphatic rings. The average molecular weight is 1160 g/mol. The molecule has 0 aromatic rings. The van der Waals surface area contributed by atoms with E-state index in [1.807, 2.05) is 0 Å². The number of aliphatic hydroxyl groups excluding tert-OH is 24. The van der Waals surface area contributed by atoms with Gasteiger partial charge in [0.05, 0.1) is 52.9 Å². The van der Waals surface area contributed by atoms with Gasteiger partial charge in [-0.25, -0.2) is 0 Å². The Morgan fingerprint density at radius 3 is 0.923 bits per heavy atom. The highest BCUT2D eigenvalue weighted by Crippen LogP contribution is 2.36. The second-order valence-electron chi connectivity index (χ2n) is 19.4. The van der Waals surface area contributed by atoms with Crippen molar-refractivity contribution in [1.29, 1.82) is 0 Å². The summed E-state index contributed by atoms with van der Waals surface area (Å²) < 4.78 is 67.0. The van der Waals surface area contributed by atoms with Crippen LogP contribution in [-0.2, 0) is 56.8 Å². The molecule has 6 fully saturated rings. The van der Waals surface area contributed by atoms with Gasteiger partial charge in [-0.2, -0.15) is 0 Å². The van der Waals surface area contributed by atoms with E-state index in [1.165, 1.54) is 0 Å². The fourth-order valence-electron chi connectivity index (χ4n) is 9.27. The van der Waals surface area contributed by atoms with Crippen LogP contribution in [0.5, 0.6) is 0 Å². The van der Waals surface area contributed by atoms with Crippen molar-refractivity contribution in [3.05, 3.63) is 0 Å². The molecule has 0 amide bonds. The predicted molar refractivity (Wildman–Crippen MR) is 234 cm³/mol. The predicted octanol–water partition coefficient (Wildman–Crippen LogP) is -16.6. The van der Waals surface area contributed by atoms with E-state index in [1.54, 1.807) is 0 Å². The molecule has 6 saturated heterocycles. The molecule has 0 bridgehead atoms. The van der Waals surface area contributed by atoms with Gasteiger partial charge in [0.1, 0.15) is 171 Å². The van der Waals surface area contributed by atoms with Crippen LogP contribution in [0.3, 0.4) is 0 Å². The summed E-state index contributed by atoms with van der Waals surface area (Å²) in [5.74, 6) is 0. The normalized spacial score (nSPS) is 49.2.